The highest BCUT2D eigenvalue weighted by molar-refractivity contribution is 5.98. The van der Waals surface area contributed by atoms with E-state index in [1.54, 1.807) is 12.4 Å². The van der Waals surface area contributed by atoms with Gasteiger partial charge in [0.25, 0.3) is 5.91 Å². The highest BCUT2D eigenvalue weighted by atomic mass is 16.2. The monoisotopic (exact) mass is 449 g/mol. The average molecular weight is 450 g/mol. The van der Waals surface area contributed by atoms with Crippen molar-refractivity contribution >= 4 is 28.3 Å². The minimum Gasteiger partial charge on any atom is -0.351 e. The maximum atomic E-state index is 12.7. The number of aromatic nitrogens is 5. The second-order valence-electron chi connectivity index (χ2n) is 8.44. The predicted molar refractivity (Wildman–Crippen MR) is 132 cm³/mol. The van der Waals surface area contributed by atoms with Gasteiger partial charge in [0.2, 0.25) is 0 Å². The largest absolute Gasteiger partial charge is 0.351 e. The second-order valence-corrected chi connectivity index (χ2v) is 8.44. The van der Waals surface area contributed by atoms with Crippen LogP contribution in [0.5, 0.6) is 0 Å². The molecule has 3 aromatic heterocycles. The van der Waals surface area contributed by atoms with Crippen LogP contribution in [0.25, 0.3) is 33.4 Å². The Morgan fingerprint density at radius 2 is 1.76 bits per heavy atom. The van der Waals surface area contributed by atoms with Gasteiger partial charge in [0.15, 0.2) is 5.82 Å². The van der Waals surface area contributed by atoms with Crippen molar-refractivity contribution in [1.82, 2.24) is 30.0 Å². The standard InChI is InChI=1S/C26H23N7O/c34-26(33-11-1-2-12-33)23-13-18-3-4-19(14-22(18)31-23)25-27-10-9-24(32-25)30-21-7-5-17(6-8-21)20-15-28-29-16-20/h3-10,13-16,31H,1-2,11-12H2,(H,28,29)(H,27,30,32). The van der Waals surface area contributed by atoms with Crippen LogP contribution in [0, 0.1) is 0 Å². The third kappa shape index (κ3) is 3.90. The molecule has 8 nitrogen and oxygen atoms in total. The minimum absolute atomic E-state index is 0.0662. The highest BCUT2D eigenvalue weighted by Gasteiger charge is 2.21. The van der Waals surface area contributed by atoms with E-state index in [1.807, 2.05) is 65.7 Å². The molecule has 0 radical (unpaired) electrons. The van der Waals surface area contributed by atoms with E-state index in [0.29, 0.717) is 17.3 Å². The molecule has 1 fully saturated rings. The molecule has 34 heavy (non-hydrogen) atoms. The molecule has 1 aliphatic heterocycles. The van der Waals surface area contributed by atoms with E-state index in [9.17, 15) is 4.79 Å². The summed E-state index contributed by atoms with van der Waals surface area (Å²) in [7, 11) is 0. The summed E-state index contributed by atoms with van der Waals surface area (Å²) in [5, 5.41) is 11.2. The second kappa shape index (κ2) is 8.47. The van der Waals surface area contributed by atoms with Gasteiger partial charge in [-0.3, -0.25) is 9.89 Å². The van der Waals surface area contributed by atoms with E-state index < -0.39 is 0 Å². The van der Waals surface area contributed by atoms with Gasteiger partial charge in [-0.15, -0.1) is 0 Å². The fourth-order valence-corrected chi connectivity index (χ4v) is 4.34. The number of anilines is 2. The molecule has 1 aliphatic rings. The van der Waals surface area contributed by atoms with E-state index >= 15 is 0 Å². The van der Waals surface area contributed by atoms with Crippen LogP contribution in [0.15, 0.2) is 73.2 Å². The Labute approximate surface area is 196 Å². The Kier molecular flexibility index (Phi) is 5.03. The smallest absolute Gasteiger partial charge is 0.270 e. The molecule has 0 atom stereocenters. The maximum Gasteiger partial charge on any atom is 0.270 e. The molecule has 0 saturated carbocycles. The first kappa shape index (κ1) is 20.2. The molecule has 6 rings (SSSR count). The Hall–Kier alpha value is -4.46. The number of rotatable bonds is 5. The lowest BCUT2D eigenvalue weighted by molar-refractivity contribution is 0.0788. The lowest BCUT2D eigenvalue weighted by atomic mass is 10.1. The number of nitrogens with zero attached hydrogens (tertiary/aromatic N) is 4. The summed E-state index contributed by atoms with van der Waals surface area (Å²) in [6.45, 7) is 1.66. The Morgan fingerprint density at radius 1 is 0.941 bits per heavy atom. The number of benzene rings is 2. The third-order valence-corrected chi connectivity index (χ3v) is 6.15. The van der Waals surface area contributed by atoms with E-state index in [2.05, 4.69) is 25.5 Å². The molecule has 1 saturated heterocycles. The van der Waals surface area contributed by atoms with Crippen molar-refractivity contribution in [2.75, 3.05) is 18.4 Å². The first-order valence-electron chi connectivity index (χ1n) is 11.3. The first-order chi connectivity index (χ1) is 16.7. The van der Waals surface area contributed by atoms with Crippen LogP contribution in [0.1, 0.15) is 23.3 Å². The predicted octanol–water partition coefficient (Wildman–Crippen LogP) is 4.99. The van der Waals surface area contributed by atoms with Crippen LogP contribution in [0.4, 0.5) is 11.5 Å². The number of fused-ring (bicyclic) bond motifs is 1. The fourth-order valence-electron chi connectivity index (χ4n) is 4.34. The summed E-state index contributed by atoms with van der Waals surface area (Å²) in [6.07, 6.45) is 7.56. The zero-order chi connectivity index (χ0) is 22.9. The number of likely N-dealkylation sites (tertiary alicyclic amines) is 1. The number of carbonyl (C=O) groups excluding carboxylic acids is 1. The molecule has 3 N–H and O–H groups in total. The highest BCUT2D eigenvalue weighted by Crippen LogP contribution is 2.26. The quantitative estimate of drug-likeness (QED) is 0.351. The van der Waals surface area contributed by atoms with Crippen LogP contribution >= 0.6 is 0 Å². The summed E-state index contributed by atoms with van der Waals surface area (Å²) in [5.41, 5.74) is 5.47. The van der Waals surface area contributed by atoms with E-state index in [0.717, 1.165) is 59.2 Å². The Bertz CT molecular complexity index is 1450. The van der Waals surface area contributed by atoms with Gasteiger partial charge in [0.1, 0.15) is 11.5 Å². The zero-order valence-corrected chi connectivity index (χ0v) is 18.5. The van der Waals surface area contributed by atoms with E-state index in [-0.39, 0.29) is 5.91 Å². The van der Waals surface area contributed by atoms with Crippen molar-refractivity contribution in [2.24, 2.45) is 0 Å². The number of aromatic amines is 2. The number of nitrogens with one attached hydrogen (secondary N) is 3. The summed E-state index contributed by atoms with van der Waals surface area (Å²) in [4.78, 5) is 27.1. The molecule has 0 unspecified atom stereocenters. The van der Waals surface area contributed by atoms with Crippen LogP contribution in [0.2, 0.25) is 0 Å². The molecular weight excluding hydrogens is 426 g/mol. The molecule has 4 heterocycles. The maximum absolute atomic E-state index is 12.7. The fraction of sp³-hybridized carbons (Fsp3) is 0.154. The number of amides is 1. The number of hydrogen-bond acceptors (Lipinski definition) is 5. The normalized spacial score (nSPS) is 13.5. The van der Waals surface area contributed by atoms with E-state index in [4.69, 9.17) is 4.98 Å². The van der Waals surface area contributed by atoms with Crippen LogP contribution in [-0.2, 0) is 0 Å². The number of H-pyrrole nitrogens is 2. The summed E-state index contributed by atoms with van der Waals surface area (Å²) in [6, 6.07) is 17.8. The summed E-state index contributed by atoms with van der Waals surface area (Å²) < 4.78 is 0. The molecule has 5 aromatic rings. The van der Waals surface area contributed by atoms with Gasteiger partial charge in [-0.2, -0.15) is 5.10 Å². The van der Waals surface area contributed by atoms with Crippen molar-refractivity contribution < 1.29 is 4.79 Å². The number of hydrogen-bond donors (Lipinski definition) is 3. The summed E-state index contributed by atoms with van der Waals surface area (Å²) in [5.74, 6) is 1.39. The van der Waals surface area contributed by atoms with E-state index in [1.165, 1.54) is 0 Å². The van der Waals surface area contributed by atoms with Crippen LogP contribution in [0.3, 0.4) is 0 Å². The first-order valence-corrected chi connectivity index (χ1v) is 11.3. The third-order valence-electron chi connectivity index (χ3n) is 6.15. The number of carbonyl (C=O) groups is 1. The molecule has 0 spiro atoms. The van der Waals surface area contributed by atoms with Crippen molar-refractivity contribution in [3.05, 3.63) is 78.9 Å². The minimum atomic E-state index is 0.0662. The lowest BCUT2D eigenvalue weighted by Crippen LogP contribution is -2.27. The summed E-state index contributed by atoms with van der Waals surface area (Å²) >= 11 is 0. The van der Waals surface area contributed by atoms with Gasteiger partial charge in [0, 0.05) is 53.2 Å². The molecular formula is C26H23N7O. The Balaban J connectivity index is 1.23. The van der Waals surface area contributed by atoms with Gasteiger partial charge in [-0.25, -0.2) is 9.97 Å². The average Bonchev–Trinajstić information content (AvgIpc) is 3.66. The van der Waals surface area contributed by atoms with Gasteiger partial charge in [0.05, 0.1) is 6.20 Å². The molecule has 0 aliphatic carbocycles. The van der Waals surface area contributed by atoms with Gasteiger partial charge in [-0.1, -0.05) is 24.3 Å². The molecule has 0 bridgehead atoms. The van der Waals surface area contributed by atoms with Crippen LogP contribution < -0.4 is 5.32 Å². The van der Waals surface area contributed by atoms with Crippen molar-refractivity contribution in [3.8, 4) is 22.5 Å². The lowest BCUT2D eigenvalue weighted by Gasteiger charge is -2.13. The molecule has 168 valence electrons. The van der Waals surface area contributed by atoms with Gasteiger partial charge in [-0.05, 0) is 48.7 Å². The van der Waals surface area contributed by atoms with Gasteiger partial charge >= 0.3 is 0 Å². The molecule has 2 aromatic carbocycles. The zero-order valence-electron chi connectivity index (χ0n) is 18.5. The van der Waals surface area contributed by atoms with Gasteiger partial charge < -0.3 is 15.2 Å². The van der Waals surface area contributed by atoms with Crippen molar-refractivity contribution in [2.45, 2.75) is 12.8 Å². The molecule has 8 heteroatoms. The van der Waals surface area contributed by atoms with Crippen LogP contribution in [-0.4, -0.2) is 49.0 Å². The van der Waals surface area contributed by atoms with Crippen molar-refractivity contribution in [3.63, 3.8) is 0 Å². The van der Waals surface area contributed by atoms with Crippen molar-refractivity contribution in [1.29, 1.82) is 0 Å². The molecule has 1 amide bonds. The topological polar surface area (TPSA) is 103 Å². The Morgan fingerprint density at radius 3 is 2.56 bits per heavy atom. The SMILES string of the molecule is O=C(c1cc2ccc(-c3nccc(Nc4ccc(-c5cn[nH]c5)cc4)n3)cc2[nH]1)N1CCCC1.